The van der Waals surface area contributed by atoms with Crippen LogP contribution in [0.4, 0.5) is 0 Å². The fourth-order valence-electron chi connectivity index (χ4n) is 2.09. The van der Waals surface area contributed by atoms with Gasteiger partial charge in [0, 0.05) is 12.3 Å². The molecule has 0 bridgehead atoms. The molecule has 2 rings (SSSR count). The Bertz CT molecular complexity index is 263. The van der Waals surface area contributed by atoms with Gasteiger partial charge in [0.1, 0.15) is 11.5 Å². The first-order chi connectivity index (χ1) is 6.18. The van der Waals surface area contributed by atoms with E-state index in [4.69, 9.17) is 9.47 Å². The summed E-state index contributed by atoms with van der Waals surface area (Å²) in [5.41, 5.74) is 0. The summed E-state index contributed by atoms with van der Waals surface area (Å²) in [5, 5.41) is 0. The van der Waals surface area contributed by atoms with Crippen molar-refractivity contribution >= 4 is 0 Å². The zero-order valence-electron chi connectivity index (χ0n) is 8.30. The molecule has 0 saturated heterocycles. The first kappa shape index (κ1) is 8.67. The minimum absolute atomic E-state index is 0.456. The van der Waals surface area contributed by atoms with Crippen LogP contribution in [0.2, 0.25) is 0 Å². The third kappa shape index (κ3) is 1.45. The predicted octanol–water partition coefficient (Wildman–Crippen LogP) is 3.17. The fourth-order valence-corrected chi connectivity index (χ4v) is 2.09. The minimum atomic E-state index is 0.456. The van der Waals surface area contributed by atoms with E-state index in [0.29, 0.717) is 17.8 Å². The second-order valence-corrected chi connectivity index (χ2v) is 4.11. The number of ether oxygens (including phenoxy) is 2. The van der Waals surface area contributed by atoms with Crippen molar-refractivity contribution in [3.8, 4) is 0 Å². The predicted molar refractivity (Wildman–Crippen MR) is 50.5 cm³/mol. The molecule has 2 nitrogen and oxygen atoms in total. The number of allylic oxidation sites excluding steroid dienone is 2. The fraction of sp³-hybridized carbons (Fsp3) is 0.636. The van der Waals surface area contributed by atoms with Gasteiger partial charge in [0.25, 0.3) is 5.95 Å². The van der Waals surface area contributed by atoms with Crippen LogP contribution in [0, 0.1) is 11.8 Å². The normalized spacial score (nSPS) is 27.3. The van der Waals surface area contributed by atoms with Crippen molar-refractivity contribution < 1.29 is 9.47 Å². The number of hydrogen-bond acceptors (Lipinski definition) is 2. The molecule has 0 aromatic carbocycles. The first-order valence-corrected chi connectivity index (χ1v) is 4.96. The quantitative estimate of drug-likeness (QED) is 0.617. The topological polar surface area (TPSA) is 18.5 Å². The standard InChI is InChI=1S/C11H16O2/c1-7(2)9-5-4-6-10-11(9)13-8(3)12-10/h7,9H,3-6H2,1-2H3. The van der Waals surface area contributed by atoms with Gasteiger partial charge in [-0.3, -0.25) is 0 Å². The van der Waals surface area contributed by atoms with Crippen LogP contribution in [0.15, 0.2) is 24.0 Å². The summed E-state index contributed by atoms with van der Waals surface area (Å²) in [5.74, 6) is 3.68. The van der Waals surface area contributed by atoms with Crippen LogP contribution >= 0.6 is 0 Å². The van der Waals surface area contributed by atoms with E-state index in [-0.39, 0.29) is 0 Å². The maximum absolute atomic E-state index is 5.50. The molecule has 1 unspecified atom stereocenters. The summed E-state index contributed by atoms with van der Waals surface area (Å²) in [6.07, 6.45) is 3.43. The molecule has 0 spiro atoms. The summed E-state index contributed by atoms with van der Waals surface area (Å²) < 4.78 is 10.9. The Labute approximate surface area is 79.2 Å². The largest absolute Gasteiger partial charge is 0.427 e. The molecule has 1 heterocycles. The lowest BCUT2D eigenvalue weighted by atomic mass is 9.84. The maximum Gasteiger partial charge on any atom is 0.282 e. The highest BCUT2D eigenvalue weighted by molar-refractivity contribution is 5.17. The third-order valence-corrected chi connectivity index (χ3v) is 2.80. The van der Waals surface area contributed by atoms with E-state index in [1.165, 1.54) is 12.8 Å². The summed E-state index contributed by atoms with van der Waals surface area (Å²) in [7, 11) is 0. The zero-order valence-corrected chi connectivity index (χ0v) is 8.30. The van der Waals surface area contributed by atoms with E-state index < -0.39 is 0 Å². The summed E-state index contributed by atoms with van der Waals surface area (Å²) >= 11 is 0. The Morgan fingerprint density at radius 1 is 1.38 bits per heavy atom. The molecule has 1 aliphatic carbocycles. The van der Waals surface area contributed by atoms with Crippen LogP contribution < -0.4 is 0 Å². The van der Waals surface area contributed by atoms with Crippen molar-refractivity contribution in [1.82, 2.24) is 0 Å². The molecular weight excluding hydrogens is 164 g/mol. The first-order valence-electron chi connectivity index (χ1n) is 4.96. The van der Waals surface area contributed by atoms with Gasteiger partial charge in [0.15, 0.2) is 0 Å². The number of rotatable bonds is 1. The Kier molecular flexibility index (Phi) is 2.06. The highest BCUT2D eigenvalue weighted by Gasteiger charge is 2.33. The molecule has 13 heavy (non-hydrogen) atoms. The summed E-state index contributed by atoms with van der Waals surface area (Å²) in [6.45, 7) is 8.14. The van der Waals surface area contributed by atoms with E-state index in [9.17, 15) is 0 Å². The van der Waals surface area contributed by atoms with Crippen molar-refractivity contribution in [3.05, 3.63) is 24.0 Å². The van der Waals surface area contributed by atoms with Gasteiger partial charge in [-0.25, -0.2) is 0 Å². The van der Waals surface area contributed by atoms with Crippen molar-refractivity contribution in [2.24, 2.45) is 11.8 Å². The Morgan fingerprint density at radius 2 is 2.15 bits per heavy atom. The number of hydrogen-bond donors (Lipinski definition) is 0. The van der Waals surface area contributed by atoms with Gasteiger partial charge in [-0.1, -0.05) is 13.8 Å². The van der Waals surface area contributed by atoms with Gasteiger partial charge >= 0.3 is 0 Å². The second-order valence-electron chi connectivity index (χ2n) is 4.11. The SMILES string of the molecule is C=C1OC2=C(O1)C(C(C)C)CCC2. The Hall–Kier alpha value is -0.920. The van der Waals surface area contributed by atoms with Crippen molar-refractivity contribution in [2.45, 2.75) is 33.1 Å². The molecule has 0 N–H and O–H groups in total. The average molecular weight is 180 g/mol. The average Bonchev–Trinajstić information content (AvgIpc) is 2.43. The molecule has 0 fully saturated rings. The van der Waals surface area contributed by atoms with E-state index >= 15 is 0 Å². The van der Waals surface area contributed by atoms with Crippen LogP contribution in [-0.2, 0) is 9.47 Å². The smallest absolute Gasteiger partial charge is 0.282 e. The van der Waals surface area contributed by atoms with Crippen LogP contribution in [0.3, 0.4) is 0 Å². The lowest BCUT2D eigenvalue weighted by Gasteiger charge is -2.24. The van der Waals surface area contributed by atoms with Crippen molar-refractivity contribution in [1.29, 1.82) is 0 Å². The summed E-state index contributed by atoms with van der Waals surface area (Å²) in [4.78, 5) is 0. The van der Waals surface area contributed by atoms with Gasteiger partial charge in [0.05, 0.1) is 0 Å². The van der Waals surface area contributed by atoms with Crippen molar-refractivity contribution in [2.75, 3.05) is 0 Å². The van der Waals surface area contributed by atoms with E-state index in [2.05, 4.69) is 20.4 Å². The van der Waals surface area contributed by atoms with Gasteiger partial charge in [-0.2, -0.15) is 0 Å². The molecule has 2 heteroatoms. The van der Waals surface area contributed by atoms with Crippen LogP contribution in [-0.4, -0.2) is 0 Å². The second kappa shape index (κ2) is 3.09. The van der Waals surface area contributed by atoms with Gasteiger partial charge in [0.2, 0.25) is 0 Å². The lowest BCUT2D eigenvalue weighted by Crippen LogP contribution is -2.16. The molecule has 1 atom stereocenters. The minimum Gasteiger partial charge on any atom is -0.427 e. The molecule has 0 saturated carbocycles. The van der Waals surface area contributed by atoms with E-state index in [1.54, 1.807) is 0 Å². The molecule has 0 amide bonds. The highest BCUT2D eigenvalue weighted by Crippen LogP contribution is 2.41. The lowest BCUT2D eigenvalue weighted by molar-refractivity contribution is 0.162. The third-order valence-electron chi connectivity index (χ3n) is 2.80. The Balaban J connectivity index is 2.23. The molecule has 0 aromatic rings. The molecular formula is C11H16O2. The molecule has 0 aromatic heterocycles. The Morgan fingerprint density at radius 3 is 2.85 bits per heavy atom. The van der Waals surface area contributed by atoms with Crippen LogP contribution in [0.1, 0.15) is 33.1 Å². The van der Waals surface area contributed by atoms with E-state index in [0.717, 1.165) is 17.9 Å². The monoisotopic (exact) mass is 180 g/mol. The zero-order chi connectivity index (χ0) is 9.42. The van der Waals surface area contributed by atoms with Crippen LogP contribution in [0.5, 0.6) is 0 Å². The van der Waals surface area contributed by atoms with E-state index in [1.807, 2.05) is 0 Å². The molecule has 72 valence electrons. The van der Waals surface area contributed by atoms with Gasteiger partial charge in [-0.15, -0.1) is 0 Å². The molecule has 2 aliphatic rings. The highest BCUT2D eigenvalue weighted by atomic mass is 16.7. The van der Waals surface area contributed by atoms with Gasteiger partial charge < -0.3 is 9.47 Å². The van der Waals surface area contributed by atoms with Crippen molar-refractivity contribution in [3.63, 3.8) is 0 Å². The van der Waals surface area contributed by atoms with Crippen LogP contribution in [0.25, 0.3) is 0 Å². The maximum atomic E-state index is 5.50. The summed E-state index contributed by atoms with van der Waals surface area (Å²) in [6, 6.07) is 0. The van der Waals surface area contributed by atoms with Gasteiger partial charge in [-0.05, 0) is 25.3 Å². The molecule has 0 radical (unpaired) electrons. The molecule has 1 aliphatic heterocycles.